The van der Waals surface area contributed by atoms with Crippen LogP contribution < -0.4 is 5.32 Å². The summed E-state index contributed by atoms with van der Waals surface area (Å²) in [5.74, 6) is -6.95. The number of ketones is 2. The quantitative estimate of drug-likeness (QED) is 0.487. The fourth-order valence-electron chi connectivity index (χ4n) is 4.88. The first-order valence-corrected chi connectivity index (χ1v) is 11.4. The van der Waals surface area contributed by atoms with E-state index in [-0.39, 0.29) is 26.9 Å². The number of benzene rings is 3. The van der Waals surface area contributed by atoms with Crippen LogP contribution in [0.4, 0.5) is 5.69 Å². The van der Waals surface area contributed by atoms with Crippen molar-refractivity contribution in [1.29, 1.82) is 0 Å². The third-order valence-corrected chi connectivity index (χ3v) is 7.15. The fraction of sp³-hybridized carbons (Fsp3) is 0.154. The summed E-state index contributed by atoms with van der Waals surface area (Å²) in [6.07, 6.45) is -1.18. The molecule has 1 amide bonds. The minimum absolute atomic E-state index is 0.0705. The molecule has 2 aliphatic rings. The maximum absolute atomic E-state index is 13.6. The van der Waals surface area contributed by atoms with Crippen molar-refractivity contribution in [1.82, 2.24) is 0 Å². The van der Waals surface area contributed by atoms with Crippen LogP contribution in [0.5, 0.6) is 0 Å². The number of carboxylic acids is 1. The summed E-state index contributed by atoms with van der Waals surface area (Å²) in [5.41, 5.74) is -1.49. The summed E-state index contributed by atoms with van der Waals surface area (Å²) in [6, 6.07) is 18.9. The number of carboxylic acid groups (broad SMARTS) is 1. The van der Waals surface area contributed by atoms with Crippen LogP contribution in [-0.2, 0) is 14.3 Å². The summed E-state index contributed by atoms with van der Waals surface area (Å²) in [6.45, 7) is 0. The average Bonchev–Trinajstić information content (AvgIpc) is 3.32. The van der Waals surface area contributed by atoms with Crippen molar-refractivity contribution in [2.75, 3.05) is 5.32 Å². The van der Waals surface area contributed by atoms with Crippen molar-refractivity contribution in [2.45, 2.75) is 11.7 Å². The Hall–Kier alpha value is -3.52. The molecule has 35 heavy (non-hydrogen) atoms. The van der Waals surface area contributed by atoms with Gasteiger partial charge < -0.3 is 15.2 Å². The smallest absolute Gasteiger partial charge is 0.311 e. The fourth-order valence-corrected chi connectivity index (χ4v) is 5.18. The lowest BCUT2D eigenvalue weighted by molar-refractivity contribution is -0.147. The Morgan fingerprint density at radius 3 is 2.03 bits per heavy atom. The van der Waals surface area contributed by atoms with Crippen LogP contribution in [0.25, 0.3) is 0 Å². The van der Waals surface area contributed by atoms with Gasteiger partial charge in [0.25, 0.3) is 0 Å². The minimum Gasteiger partial charge on any atom is -0.481 e. The highest BCUT2D eigenvalue weighted by molar-refractivity contribution is 6.42. The Kier molecular flexibility index (Phi) is 5.71. The topological polar surface area (TPSA) is 110 Å². The number of hydrogen-bond donors (Lipinski definition) is 2. The van der Waals surface area contributed by atoms with Gasteiger partial charge >= 0.3 is 5.97 Å². The van der Waals surface area contributed by atoms with Crippen molar-refractivity contribution in [3.63, 3.8) is 0 Å². The van der Waals surface area contributed by atoms with Gasteiger partial charge in [-0.15, -0.1) is 0 Å². The Balaban J connectivity index is 1.64. The lowest BCUT2D eigenvalue weighted by atomic mass is 9.75. The molecule has 0 aromatic heterocycles. The molecule has 1 saturated heterocycles. The number of carbonyl (C=O) groups excluding carboxylic acids is 3. The second kappa shape index (κ2) is 8.61. The van der Waals surface area contributed by atoms with Gasteiger partial charge in [-0.2, -0.15) is 0 Å². The lowest BCUT2D eigenvalue weighted by Gasteiger charge is -2.25. The van der Waals surface area contributed by atoms with E-state index in [2.05, 4.69) is 5.32 Å². The van der Waals surface area contributed by atoms with Crippen LogP contribution in [0.2, 0.25) is 10.0 Å². The molecule has 0 bridgehead atoms. The van der Waals surface area contributed by atoms with Crippen LogP contribution in [-0.4, -0.2) is 34.2 Å². The molecule has 1 spiro atoms. The van der Waals surface area contributed by atoms with E-state index in [9.17, 15) is 24.3 Å². The van der Waals surface area contributed by atoms with E-state index in [1.807, 2.05) is 0 Å². The van der Waals surface area contributed by atoms with E-state index in [4.69, 9.17) is 27.9 Å². The zero-order chi connectivity index (χ0) is 24.9. The first-order valence-electron chi connectivity index (χ1n) is 10.7. The van der Waals surface area contributed by atoms with E-state index < -0.39 is 47.0 Å². The van der Waals surface area contributed by atoms with E-state index in [1.54, 1.807) is 42.5 Å². The zero-order valence-electron chi connectivity index (χ0n) is 17.9. The van der Waals surface area contributed by atoms with Crippen LogP contribution >= 0.6 is 23.2 Å². The van der Waals surface area contributed by atoms with Gasteiger partial charge in [-0.3, -0.25) is 19.2 Å². The highest BCUT2D eigenvalue weighted by Crippen LogP contribution is 2.54. The van der Waals surface area contributed by atoms with Crippen LogP contribution in [0.15, 0.2) is 72.8 Å². The zero-order valence-corrected chi connectivity index (χ0v) is 19.4. The molecular weight excluding hydrogens is 493 g/mol. The Bertz CT molecular complexity index is 1350. The van der Waals surface area contributed by atoms with Crippen molar-refractivity contribution in [3.05, 3.63) is 99.5 Å². The molecule has 5 rings (SSSR count). The second-order valence-electron chi connectivity index (χ2n) is 8.35. The number of halogens is 2. The van der Waals surface area contributed by atoms with Gasteiger partial charge in [0.15, 0.2) is 0 Å². The van der Waals surface area contributed by atoms with Gasteiger partial charge in [0.1, 0.15) is 5.92 Å². The van der Waals surface area contributed by atoms with Gasteiger partial charge in [-0.05, 0) is 23.8 Å². The maximum atomic E-state index is 13.6. The summed E-state index contributed by atoms with van der Waals surface area (Å²) < 4.78 is 6.10. The second-order valence-corrected chi connectivity index (χ2v) is 9.16. The summed E-state index contributed by atoms with van der Waals surface area (Å²) in [4.78, 5) is 53.3. The Morgan fingerprint density at radius 2 is 1.46 bits per heavy atom. The molecule has 3 aromatic rings. The van der Waals surface area contributed by atoms with Gasteiger partial charge in [0.2, 0.25) is 23.1 Å². The largest absolute Gasteiger partial charge is 0.481 e. The number of ether oxygens (including phenoxy) is 1. The molecule has 3 aromatic carbocycles. The molecule has 1 unspecified atom stereocenters. The SMILES string of the molecule is O=C(Nc1ccc(Cl)c(Cl)c1)[C@@H]1C(c2ccccc2)OC2(C(=O)c3ccccc3C2=O)[C@@H]1C(=O)O. The summed E-state index contributed by atoms with van der Waals surface area (Å²) >= 11 is 12.0. The van der Waals surface area contributed by atoms with Gasteiger partial charge in [0.05, 0.1) is 22.1 Å². The predicted octanol–water partition coefficient (Wildman–Crippen LogP) is 4.84. The van der Waals surface area contributed by atoms with Crippen LogP contribution in [0, 0.1) is 11.8 Å². The standard InChI is InChI=1S/C26H17Cl2NO6/c27-17-11-10-14(12-18(17)28)29-24(32)19-20(25(33)34)26(35-21(19)13-6-2-1-3-7-13)22(30)15-8-4-5-9-16(15)23(26)31/h1-12,19-21H,(H,29,32)(H,33,34)/t19-,20-,21?/m0/s1. The Labute approximate surface area is 209 Å². The summed E-state index contributed by atoms with van der Waals surface area (Å²) in [7, 11) is 0. The first kappa shape index (κ1) is 23.2. The number of nitrogens with one attached hydrogen (secondary N) is 1. The number of amides is 1. The molecule has 0 radical (unpaired) electrons. The van der Waals surface area contributed by atoms with E-state index >= 15 is 0 Å². The minimum atomic E-state index is -2.37. The van der Waals surface area contributed by atoms with Gasteiger partial charge in [-0.1, -0.05) is 77.8 Å². The molecule has 7 nitrogen and oxygen atoms in total. The first-order chi connectivity index (χ1) is 16.8. The molecule has 2 N–H and O–H groups in total. The highest BCUT2D eigenvalue weighted by atomic mass is 35.5. The normalized spacial score (nSPS) is 22.3. The highest BCUT2D eigenvalue weighted by Gasteiger charge is 2.71. The molecular formula is C26H17Cl2NO6. The van der Waals surface area contributed by atoms with Gasteiger partial charge in [0, 0.05) is 16.8 Å². The van der Waals surface area contributed by atoms with Crippen LogP contribution in [0.1, 0.15) is 32.4 Å². The number of aliphatic carboxylic acids is 1. The average molecular weight is 510 g/mol. The number of Topliss-reactive ketones (excluding diaryl/α,β-unsaturated/α-hetero) is 2. The molecule has 1 heterocycles. The molecule has 0 saturated carbocycles. The maximum Gasteiger partial charge on any atom is 0.311 e. The van der Waals surface area contributed by atoms with Crippen molar-refractivity contribution >= 4 is 52.3 Å². The third kappa shape index (κ3) is 3.55. The molecule has 1 aliphatic heterocycles. The third-order valence-electron chi connectivity index (χ3n) is 6.41. The number of rotatable bonds is 4. The predicted molar refractivity (Wildman–Crippen MR) is 128 cm³/mol. The number of carbonyl (C=O) groups is 4. The number of hydrogen-bond acceptors (Lipinski definition) is 5. The van der Waals surface area contributed by atoms with Crippen molar-refractivity contribution in [3.8, 4) is 0 Å². The summed E-state index contributed by atoms with van der Waals surface area (Å²) in [5, 5.41) is 13.4. The molecule has 3 atom stereocenters. The Morgan fingerprint density at radius 1 is 0.857 bits per heavy atom. The van der Waals surface area contributed by atoms with E-state index in [0.29, 0.717) is 5.56 Å². The van der Waals surface area contributed by atoms with Crippen molar-refractivity contribution in [2.24, 2.45) is 11.8 Å². The molecule has 1 fully saturated rings. The molecule has 176 valence electrons. The van der Waals surface area contributed by atoms with Crippen LogP contribution in [0.3, 0.4) is 0 Å². The lowest BCUT2D eigenvalue weighted by Crippen LogP contribution is -2.52. The molecule has 1 aliphatic carbocycles. The monoisotopic (exact) mass is 509 g/mol. The number of anilines is 1. The number of fused-ring (bicyclic) bond motifs is 1. The molecule has 9 heteroatoms. The van der Waals surface area contributed by atoms with Gasteiger partial charge in [-0.25, -0.2) is 0 Å². The van der Waals surface area contributed by atoms with E-state index in [0.717, 1.165) is 0 Å². The van der Waals surface area contributed by atoms with E-state index in [1.165, 1.54) is 30.3 Å². The van der Waals surface area contributed by atoms with Crippen molar-refractivity contribution < 1.29 is 29.0 Å².